The summed E-state index contributed by atoms with van der Waals surface area (Å²) in [5, 5.41) is 2.77. The standard InChI is InChI=1S/C25H20Cl3NO4S/c1-33-25(31)24-21(15-4-10-18(27)11-5-15)29-20(14-2-8-17(26)9-3-14)23(34(24)32)22(30)16-6-12-19(28)13-7-16/h2-13,20-21,23-24,29H,1H3. The van der Waals surface area contributed by atoms with Crippen LogP contribution in [0.2, 0.25) is 15.1 Å². The maximum absolute atomic E-state index is 14.0. The van der Waals surface area contributed by atoms with E-state index in [1.807, 2.05) is 0 Å². The van der Waals surface area contributed by atoms with E-state index >= 15 is 0 Å². The third kappa shape index (κ3) is 5.07. The van der Waals surface area contributed by atoms with Gasteiger partial charge in [0.1, 0.15) is 5.25 Å². The topological polar surface area (TPSA) is 72.5 Å². The first-order valence-electron chi connectivity index (χ1n) is 10.3. The fourth-order valence-corrected chi connectivity index (χ4v) is 6.39. The van der Waals surface area contributed by atoms with Crippen molar-refractivity contribution in [2.24, 2.45) is 0 Å². The molecule has 5 atom stereocenters. The zero-order valence-electron chi connectivity index (χ0n) is 17.9. The van der Waals surface area contributed by atoms with Crippen molar-refractivity contribution < 1.29 is 18.5 Å². The molecule has 1 N–H and O–H groups in total. The van der Waals surface area contributed by atoms with Crippen molar-refractivity contribution in [3.05, 3.63) is 105 Å². The molecular weight excluding hydrogens is 517 g/mol. The Morgan fingerprint density at radius 3 is 1.59 bits per heavy atom. The maximum atomic E-state index is 14.0. The van der Waals surface area contributed by atoms with Gasteiger partial charge in [0, 0.05) is 20.6 Å². The predicted octanol–water partition coefficient (Wildman–Crippen LogP) is 5.57. The number of hydrogen-bond donors (Lipinski definition) is 1. The first-order chi connectivity index (χ1) is 16.3. The van der Waals surface area contributed by atoms with E-state index in [1.54, 1.807) is 72.8 Å². The van der Waals surface area contributed by atoms with Gasteiger partial charge in [-0.25, -0.2) is 0 Å². The third-order valence-corrected chi connectivity index (χ3v) is 8.45. The van der Waals surface area contributed by atoms with Crippen LogP contribution in [0.1, 0.15) is 33.6 Å². The van der Waals surface area contributed by atoms with Crippen LogP contribution in [-0.4, -0.2) is 33.6 Å². The van der Waals surface area contributed by atoms with E-state index in [9.17, 15) is 13.8 Å². The van der Waals surface area contributed by atoms with Crippen LogP contribution in [-0.2, 0) is 20.3 Å². The smallest absolute Gasteiger partial charge is 0.323 e. The molecule has 0 aliphatic carbocycles. The van der Waals surface area contributed by atoms with Gasteiger partial charge in [-0.3, -0.25) is 19.1 Å². The summed E-state index contributed by atoms with van der Waals surface area (Å²) in [6.45, 7) is 0. The van der Waals surface area contributed by atoms with Crippen molar-refractivity contribution in [3.8, 4) is 0 Å². The average Bonchev–Trinajstić information content (AvgIpc) is 2.84. The molecule has 3 aromatic rings. The first-order valence-corrected chi connectivity index (χ1v) is 12.7. The number of nitrogens with one attached hydrogen (secondary N) is 1. The summed E-state index contributed by atoms with van der Waals surface area (Å²) >= 11 is 18.1. The molecule has 0 spiro atoms. The van der Waals surface area contributed by atoms with E-state index in [2.05, 4.69) is 5.32 Å². The minimum Gasteiger partial charge on any atom is -0.468 e. The molecule has 5 nitrogen and oxygen atoms in total. The van der Waals surface area contributed by atoms with Gasteiger partial charge in [0.25, 0.3) is 0 Å². The van der Waals surface area contributed by atoms with E-state index in [0.29, 0.717) is 31.8 Å². The second-order valence-corrected chi connectivity index (χ2v) is 10.8. The van der Waals surface area contributed by atoms with Gasteiger partial charge in [0.2, 0.25) is 0 Å². The number of benzene rings is 3. The Morgan fingerprint density at radius 1 is 0.735 bits per heavy atom. The predicted molar refractivity (Wildman–Crippen MR) is 135 cm³/mol. The molecular formula is C25H20Cl3NO4S. The highest BCUT2D eigenvalue weighted by Gasteiger charge is 2.50. The monoisotopic (exact) mass is 535 g/mol. The van der Waals surface area contributed by atoms with Crippen LogP contribution in [0.4, 0.5) is 0 Å². The number of carbonyl (C=O) groups excluding carboxylic acids is 2. The van der Waals surface area contributed by atoms with Crippen molar-refractivity contribution in [3.63, 3.8) is 0 Å². The van der Waals surface area contributed by atoms with Crippen LogP contribution >= 0.6 is 34.8 Å². The zero-order chi connectivity index (χ0) is 24.4. The zero-order valence-corrected chi connectivity index (χ0v) is 21.0. The number of esters is 1. The first kappa shape index (κ1) is 24.9. The van der Waals surface area contributed by atoms with Crippen molar-refractivity contribution in [2.45, 2.75) is 22.6 Å². The molecule has 1 heterocycles. The Bertz CT molecular complexity index is 1220. The minimum atomic E-state index is -1.94. The summed E-state index contributed by atoms with van der Waals surface area (Å²) in [4.78, 5) is 26.5. The highest BCUT2D eigenvalue weighted by molar-refractivity contribution is 7.88. The van der Waals surface area contributed by atoms with Gasteiger partial charge in [-0.15, -0.1) is 0 Å². The molecule has 0 bridgehead atoms. The summed E-state index contributed by atoms with van der Waals surface area (Å²) in [5.41, 5.74) is 1.76. The molecule has 4 rings (SSSR count). The molecule has 1 saturated heterocycles. The van der Waals surface area contributed by atoms with Gasteiger partial charge in [0.05, 0.1) is 30.0 Å². The lowest BCUT2D eigenvalue weighted by Gasteiger charge is -2.40. The Labute approximate surface area is 214 Å². The SMILES string of the molecule is COC(=O)C1C(c2ccc(Cl)cc2)NC(c2ccc(Cl)cc2)C(C(=O)c2ccc(Cl)cc2)S1=O. The molecule has 1 aliphatic rings. The molecule has 9 heteroatoms. The number of Topliss-reactive ketones (excluding diaryl/α,β-unsaturated/α-hetero) is 1. The summed E-state index contributed by atoms with van der Waals surface area (Å²) in [7, 11) is -0.703. The van der Waals surface area contributed by atoms with Crippen LogP contribution in [0, 0.1) is 0 Å². The van der Waals surface area contributed by atoms with Gasteiger partial charge in [-0.2, -0.15) is 0 Å². The van der Waals surface area contributed by atoms with E-state index in [4.69, 9.17) is 39.5 Å². The number of ketones is 1. The van der Waals surface area contributed by atoms with Gasteiger partial charge in [-0.1, -0.05) is 59.1 Å². The second kappa shape index (κ2) is 10.6. The molecule has 34 heavy (non-hydrogen) atoms. The van der Waals surface area contributed by atoms with Crippen LogP contribution in [0.5, 0.6) is 0 Å². The van der Waals surface area contributed by atoms with Crippen LogP contribution < -0.4 is 5.32 Å². The Morgan fingerprint density at radius 2 is 1.15 bits per heavy atom. The minimum absolute atomic E-state index is 0.345. The highest BCUT2D eigenvalue weighted by atomic mass is 35.5. The quantitative estimate of drug-likeness (QED) is 0.341. The molecule has 0 amide bonds. The number of halogens is 3. The largest absolute Gasteiger partial charge is 0.468 e. The number of hydrogen-bond acceptors (Lipinski definition) is 5. The van der Waals surface area contributed by atoms with Gasteiger partial charge >= 0.3 is 5.97 Å². The van der Waals surface area contributed by atoms with Crippen molar-refractivity contribution >= 4 is 57.4 Å². The molecule has 3 aromatic carbocycles. The Hall–Kier alpha value is -2.22. The molecule has 0 radical (unpaired) electrons. The van der Waals surface area contributed by atoms with Crippen LogP contribution in [0.3, 0.4) is 0 Å². The van der Waals surface area contributed by atoms with E-state index in [1.165, 1.54) is 7.11 Å². The summed E-state index contributed by atoms with van der Waals surface area (Å²) in [6.07, 6.45) is 0. The molecule has 5 unspecified atom stereocenters. The number of methoxy groups -OCH3 is 1. The van der Waals surface area contributed by atoms with Crippen LogP contribution in [0.25, 0.3) is 0 Å². The normalized spacial score (nSPS) is 24.4. The fraction of sp³-hybridized carbons (Fsp3) is 0.200. The van der Waals surface area contributed by atoms with Gasteiger partial charge < -0.3 is 4.74 Å². The van der Waals surface area contributed by atoms with Crippen molar-refractivity contribution in [1.29, 1.82) is 0 Å². The number of ether oxygens (including phenoxy) is 1. The van der Waals surface area contributed by atoms with Gasteiger partial charge in [-0.05, 0) is 59.7 Å². The lowest BCUT2D eigenvalue weighted by atomic mass is 9.93. The highest BCUT2D eigenvalue weighted by Crippen LogP contribution is 2.38. The molecule has 0 saturated carbocycles. The average molecular weight is 537 g/mol. The van der Waals surface area contributed by atoms with E-state index in [-0.39, 0.29) is 5.78 Å². The number of rotatable bonds is 5. The summed E-state index contributed by atoms with van der Waals surface area (Å²) < 4.78 is 19.0. The van der Waals surface area contributed by atoms with E-state index < -0.39 is 39.4 Å². The fourth-order valence-electron chi connectivity index (χ4n) is 4.06. The van der Waals surface area contributed by atoms with Crippen molar-refractivity contribution in [1.82, 2.24) is 5.32 Å². The Kier molecular flexibility index (Phi) is 7.75. The third-order valence-electron chi connectivity index (χ3n) is 5.74. The Balaban J connectivity index is 1.83. The number of carbonyl (C=O) groups is 2. The molecule has 1 fully saturated rings. The lowest BCUT2D eigenvalue weighted by molar-refractivity contribution is -0.140. The second-order valence-electron chi connectivity index (χ2n) is 7.79. The van der Waals surface area contributed by atoms with Crippen molar-refractivity contribution in [2.75, 3.05) is 7.11 Å². The molecule has 0 aromatic heterocycles. The summed E-state index contributed by atoms with van der Waals surface area (Å²) in [5.74, 6) is -1.04. The van der Waals surface area contributed by atoms with Gasteiger partial charge in [0.15, 0.2) is 11.0 Å². The summed E-state index contributed by atoms with van der Waals surface area (Å²) in [6, 6.07) is 18.9. The maximum Gasteiger partial charge on any atom is 0.323 e. The molecule has 176 valence electrons. The van der Waals surface area contributed by atoms with E-state index in [0.717, 1.165) is 0 Å². The van der Waals surface area contributed by atoms with Crippen LogP contribution in [0.15, 0.2) is 72.8 Å². The molecule has 1 aliphatic heterocycles. The lowest BCUT2D eigenvalue weighted by Crippen LogP contribution is -2.56.